The Morgan fingerprint density at radius 2 is 1.54 bits per heavy atom. The molecule has 9 nitrogen and oxygen atoms in total. The van der Waals surface area contributed by atoms with Crippen molar-refractivity contribution in [1.82, 2.24) is 10.7 Å². The number of hydrazone groups is 1. The zero-order valence-electron chi connectivity index (χ0n) is 20.6. The van der Waals surface area contributed by atoms with E-state index < -0.39 is 11.8 Å². The van der Waals surface area contributed by atoms with Gasteiger partial charge in [-0.3, -0.25) is 14.4 Å². The highest BCUT2D eigenvalue weighted by atomic mass is 79.9. The van der Waals surface area contributed by atoms with Crippen LogP contribution in [0.4, 0.5) is 5.69 Å². The number of hydrogen-bond acceptors (Lipinski definition) is 6. The van der Waals surface area contributed by atoms with E-state index in [9.17, 15) is 14.4 Å². The molecule has 0 aliphatic heterocycles. The van der Waals surface area contributed by atoms with Gasteiger partial charge in [0.25, 0.3) is 5.91 Å². The van der Waals surface area contributed by atoms with Crippen molar-refractivity contribution in [3.63, 3.8) is 0 Å². The molecule has 10 heteroatoms. The van der Waals surface area contributed by atoms with Crippen molar-refractivity contribution in [3.05, 3.63) is 87.4 Å². The van der Waals surface area contributed by atoms with Crippen LogP contribution >= 0.6 is 15.9 Å². The number of anilines is 1. The van der Waals surface area contributed by atoms with Crippen molar-refractivity contribution in [3.8, 4) is 11.5 Å². The van der Waals surface area contributed by atoms with Crippen LogP contribution in [0.1, 0.15) is 22.3 Å². The van der Waals surface area contributed by atoms with Crippen LogP contribution in [-0.4, -0.2) is 37.7 Å². The quantitative estimate of drug-likeness (QED) is 0.206. The van der Waals surface area contributed by atoms with Gasteiger partial charge in [0.15, 0.2) is 6.61 Å². The molecule has 0 atom stereocenters. The van der Waals surface area contributed by atoms with Gasteiger partial charge in [-0.15, -0.1) is 0 Å². The van der Waals surface area contributed by atoms with E-state index in [-0.39, 0.29) is 19.1 Å². The minimum atomic E-state index is -0.882. The Morgan fingerprint density at radius 3 is 2.16 bits per heavy atom. The highest BCUT2D eigenvalue weighted by Crippen LogP contribution is 2.25. The Labute approximate surface area is 223 Å². The average molecular weight is 567 g/mol. The zero-order valence-corrected chi connectivity index (χ0v) is 22.2. The van der Waals surface area contributed by atoms with Gasteiger partial charge in [0.1, 0.15) is 11.5 Å². The van der Waals surface area contributed by atoms with Gasteiger partial charge in [-0.05, 0) is 84.6 Å². The third-order valence-corrected chi connectivity index (χ3v) is 5.67. The summed E-state index contributed by atoms with van der Waals surface area (Å²) in [6, 6.07) is 17.7. The summed E-state index contributed by atoms with van der Waals surface area (Å²) >= 11 is 3.44. The van der Waals surface area contributed by atoms with Crippen molar-refractivity contribution in [1.29, 1.82) is 0 Å². The first-order valence-corrected chi connectivity index (χ1v) is 12.1. The van der Waals surface area contributed by atoms with Crippen LogP contribution in [0, 0.1) is 13.8 Å². The largest absolute Gasteiger partial charge is 0.497 e. The second kappa shape index (κ2) is 13.2. The van der Waals surface area contributed by atoms with Gasteiger partial charge in [0.05, 0.1) is 13.3 Å². The lowest BCUT2D eigenvalue weighted by Gasteiger charge is -2.13. The van der Waals surface area contributed by atoms with E-state index in [1.54, 1.807) is 55.6 Å². The van der Waals surface area contributed by atoms with E-state index in [1.165, 1.54) is 6.21 Å². The Bertz CT molecular complexity index is 1270. The number of amides is 3. The molecule has 3 rings (SSSR count). The molecule has 3 aromatic rings. The summed E-state index contributed by atoms with van der Waals surface area (Å²) < 4.78 is 11.6. The molecule has 37 heavy (non-hydrogen) atoms. The third-order valence-electron chi connectivity index (χ3n) is 5.21. The molecule has 3 aromatic carbocycles. The second-order valence-electron chi connectivity index (χ2n) is 8.05. The fraction of sp³-hybridized carbons (Fsp3) is 0.185. The summed E-state index contributed by atoms with van der Waals surface area (Å²) in [4.78, 5) is 36.2. The molecule has 0 aliphatic rings. The minimum absolute atomic E-state index is 0.149. The average Bonchev–Trinajstić information content (AvgIpc) is 2.89. The number of nitrogens with one attached hydrogen (secondary N) is 3. The Balaban J connectivity index is 1.41. The maximum atomic E-state index is 12.3. The van der Waals surface area contributed by atoms with Crippen molar-refractivity contribution < 1.29 is 23.9 Å². The minimum Gasteiger partial charge on any atom is -0.497 e. The van der Waals surface area contributed by atoms with Gasteiger partial charge in [-0.25, -0.2) is 5.43 Å². The lowest BCUT2D eigenvalue weighted by Crippen LogP contribution is -2.37. The molecule has 0 bridgehead atoms. The molecule has 0 heterocycles. The molecule has 0 spiro atoms. The van der Waals surface area contributed by atoms with E-state index in [4.69, 9.17) is 9.47 Å². The SMILES string of the molecule is COc1ccc(CNC(=O)C(=O)N/N=C\c2ccc(OCC(=O)Nc3c(C)cc(Br)cc3C)cc2)cc1. The number of halogens is 1. The Morgan fingerprint density at radius 1 is 0.919 bits per heavy atom. The van der Waals surface area contributed by atoms with Gasteiger partial charge < -0.3 is 20.1 Å². The molecule has 0 aliphatic carbocycles. The Hall–Kier alpha value is -4.18. The fourth-order valence-corrected chi connectivity index (χ4v) is 3.99. The second-order valence-corrected chi connectivity index (χ2v) is 8.97. The van der Waals surface area contributed by atoms with Gasteiger partial charge >= 0.3 is 11.8 Å². The third kappa shape index (κ3) is 8.46. The summed E-state index contributed by atoms with van der Waals surface area (Å²) in [6.07, 6.45) is 1.39. The first kappa shape index (κ1) is 27.4. The van der Waals surface area contributed by atoms with Crippen LogP contribution in [0.2, 0.25) is 0 Å². The molecule has 0 aromatic heterocycles. The first-order valence-electron chi connectivity index (χ1n) is 11.3. The van der Waals surface area contributed by atoms with E-state index in [0.717, 1.165) is 26.9 Å². The number of hydrogen-bond donors (Lipinski definition) is 3. The predicted molar refractivity (Wildman–Crippen MR) is 145 cm³/mol. The van der Waals surface area contributed by atoms with Crippen molar-refractivity contribution >= 4 is 45.6 Å². The highest BCUT2D eigenvalue weighted by molar-refractivity contribution is 9.10. The number of aryl methyl sites for hydroxylation is 2. The molecular weight excluding hydrogens is 540 g/mol. The summed E-state index contributed by atoms with van der Waals surface area (Å²) in [5.41, 5.74) is 6.34. The molecule has 3 N–H and O–H groups in total. The van der Waals surface area contributed by atoms with E-state index in [0.29, 0.717) is 17.1 Å². The highest BCUT2D eigenvalue weighted by Gasteiger charge is 2.12. The fourth-order valence-electron chi connectivity index (χ4n) is 3.30. The molecule has 0 saturated heterocycles. The van der Waals surface area contributed by atoms with Crippen LogP contribution < -0.4 is 25.5 Å². The first-order chi connectivity index (χ1) is 17.7. The summed E-state index contributed by atoms with van der Waals surface area (Å²) in [5, 5.41) is 9.20. The zero-order chi connectivity index (χ0) is 26.8. The molecule has 192 valence electrons. The number of rotatable bonds is 9. The van der Waals surface area contributed by atoms with Gasteiger partial charge in [-0.1, -0.05) is 28.1 Å². The van der Waals surface area contributed by atoms with Crippen LogP contribution in [0.3, 0.4) is 0 Å². The van der Waals surface area contributed by atoms with Crippen LogP contribution in [0.15, 0.2) is 70.2 Å². The molecule has 0 radical (unpaired) electrons. The summed E-state index contributed by atoms with van der Waals surface area (Å²) in [7, 11) is 1.57. The number of carbonyl (C=O) groups is 3. The number of carbonyl (C=O) groups excluding carboxylic acids is 3. The van der Waals surface area contributed by atoms with Crippen molar-refractivity contribution in [2.75, 3.05) is 19.0 Å². The molecule has 3 amide bonds. The number of nitrogens with zero attached hydrogens (tertiary/aromatic N) is 1. The smallest absolute Gasteiger partial charge is 0.329 e. The lowest BCUT2D eigenvalue weighted by atomic mass is 10.1. The lowest BCUT2D eigenvalue weighted by molar-refractivity contribution is -0.139. The topological polar surface area (TPSA) is 118 Å². The molecule has 0 fully saturated rings. The van der Waals surface area contributed by atoms with E-state index in [1.807, 2.05) is 26.0 Å². The van der Waals surface area contributed by atoms with Crippen LogP contribution in [0.25, 0.3) is 0 Å². The molecule has 0 unspecified atom stereocenters. The standard InChI is InChI=1S/C27H27BrN4O5/c1-17-12-21(28)13-18(2)25(17)31-24(33)16-37-23-10-6-20(7-11-23)15-30-32-27(35)26(34)29-14-19-4-8-22(36-3)9-5-19/h4-13,15H,14,16H2,1-3H3,(H,29,34)(H,31,33)(H,32,35)/b30-15-. The summed E-state index contributed by atoms with van der Waals surface area (Å²) in [5.74, 6) is -0.754. The van der Waals surface area contributed by atoms with E-state index >= 15 is 0 Å². The predicted octanol–water partition coefficient (Wildman–Crippen LogP) is 3.86. The van der Waals surface area contributed by atoms with Crippen molar-refractivity contribution in [2.45, 2.75) is 20.4 Å². The van der Waals surface area contributed by atoms with Crippen molar-refractivity contribution in [2.24, 2.45) is 5.10 Å². The van der Waals surface area contributed by atoms with Crippen LogP contribution in [0.5, 0.6) is 11.5 Å². The maximum absolute atomic E-state index is 12.3. The monoisotopic (exact) mass is 566 g/mol. The molecule has 0 saturated carbocycles. The van der Waals surface area contributed by atoms with Gasteiger partial charge in [-0.2, -0.15) is 5.10 Å². The van der Waals surface area contributed by atoms with Crippen LogP contribution in [-0.2, 0) is 20.9 Å². The number of ether oxygens (including phenoxy) is 2. The number of benzene rings is 3. The Kier molecular flexibility index (Phi) is 9.79. The number of methoxy groups -OCH3 is 1. The van der Waals surface area contributed by atoms with Gasteiger partial charge in [0.2, 0.25) is 0 Å². The van der Waals surface area contributed by atoms with E-state index in [2.05, 4.69) is 37.1 Å². The molecular formula is C27H27BrN4O5. The van der Waals surface area contributed by atoms with Gasteiger partial charge in [0, 0.05) is 16.7 Å². The summed E-state index contributed by atoms with van der Waals surface area (Å²) in [6.45, 7) is 3.89. The maximum Gasteiger partial charge on any atom is 0.329 e. The normalized spacial score (nSPS) is 10.6.